The lowest BCUT2D eigenvalue weighted by atomic mass is 9.88. The van der Waals surface area contributed by atoms with Gasteiger partial charge in [-0.15, -0.1) is 24.0 Å². The van der Waals surface area contributed by atoms with E-state index in [4.69, 9.17) is 4.74 Å². The zero-order valence-electron chi connectivity index (χ0n) is 19.5. The van der Waals surface area contributed by atoms with E-state index >= 15 is 0 Å². The zero-order valence-corrected chi connectivity index (χ0v) is 21.9. The lowest BCUT2D eigenvalue weighted by Gasteiger charge is -2.46. The highest BCUT2D eigenvalue weighted by Gasteiger charge is 2.40. The Labute approximate surface area is 205 Å². The Balaban J connectivity index is 0.00000272. The minimum Gasteiger partial charge on any atom is -0.381 e. The molecule has 0 atom stereocenters. The summed E-state index contributed by atoms with van der Waals surface area (Å²) in [5.41, 5.74) is 4.38. The van der Waals surface area contributed by atoms with E-state index < -0.39 is 0 Å². The summed E-state index contributed by atoms with van der Waals surface area (Å²) in [6, 6.07) is 6.64. The molecule has 0 unspecified atom stereocenters. The van der Waals surface area contributed by atoms with Gasteiger partial charge in [0.15, 0.2) is 5.96 Å². The maximum Gasteiger partial charge on any atom is 0.193 e. The molecule has 0 amide bonds. The number of guanidine groups is 1. The van der Waals surface area contributed by atoms with Gasteiger partial charge in [0.05, 0.1) is 0 Å². The van der Waals surface area contributed by atoms with Crippen LogP contribution in [-0.4, -0.2) is 87.4 Å². The van der Waals surface area contributed by atoms with Crippen molar-refractivity contribution in [2.75, 3.05) is 71.0 Å². The fourth-order valence-corrected chi connectivity index (χ4v) is 5.36. The number of hydrogen-bond donors (Lipinski definition) is 1. The number of piperazine rings is 1. The van der Waals surface area contributed by atoms with Crippen molar-refractivity contribution in [3.05, 3.63) is 29.3 Å². The molecule has 3 aliphatic rings. The molecule has 0 aromatic heterocycles. The first kappa shape index (κ1) is 24.6. The van der Waals surface area contributed by atoms with Crippen molar-refractivity contribution >= 4 is 35.6 Å². The van der Waals surface area contributed by atoms with Crippen molar-refractivity contribution in [2.24, 2.45) is 4.99 Å². The molecule has 3 saturated heterocycles. The van der Waals surface area contributed by atoms with Gasteiger partial charge in [-0.25, -0.2) is 0 Å². The van der Waals surface area contributed by atoms with E-state index in [1.807, 2.05) is 7.05 Å². The average Bonchev–Trinajstić information content (AvgIpc) is 3.33. The maximum absolute atomic E-state index is 5.71. The van der Waals surface area contributed by atoms with Crippen LogP contribution in [0.5, 0.6) is 0 Å². The molecule has 31 heavy (non-hydrogen) atoms. The molecule has 1 aromatic rings. The van der Waals surface area contributed by atoms with Gasteiger partial charge < -0.3 is 19.9 Å². The van der Waals surface area contributed by atoms with Crippen molar-refractivity contribution in [1.29, 1.82) is 0 Å². The van der Waals surface area contributed by atoms with Gasteiger partial charge in [0.25, 0.3) is 0 Å². The number of hydrogen-bond acceptors (Lipinski definition) is 4. The van der Waals surface area contributed by atoms with Gasteiger partial charge >= 0.3 is 0 Å². The summed E-state index contributed by atoms with van der Waals surface area (Å²) < 4.78 is 5.71. The molecule has 0 radical (unpaired) electrons. The third-order valence-corrected chi connectivity index (χ3v) is 7.48. The van der Waals surface area contributed by atoms with E-state index in [1.54, 1.807) is 0 Å². The van der Waals surface area contributed by atoms with Gasteiger partial charge in [-0.05, 0) is 69.8 Å². The number of likely N-dealkylation sites (tertiary alicyclic amines) is 1. The summed E-state index contributed by atoms with van der Waals surface area (Å²) in [5.74, 6) is 1.06. The number of nitrogens with zero attached hydrogens (tertiary/aromatic N) is 4. The molecule has 174 valence electrons. The number of halogens is 1. The third kappa shape index (κ3) is 5.47. The van der Waals surface area contributed by atoms with Crippen LogP contribution in [0.25, 0.3) is 0 Å². The van der Waals surface area contributed by atoms with Crippen molar-refractivity contribution in [2.45, 2.75) is 45.1 Å². The summed E-state index contributed by atoms with van der Waals surface area (Å²) in [4.78, 5) is 12.3. The van der Waals surface area contributed by atoms with Gasteiger partial charge in [0, 0.05) is 64.2 Å². The Morgan fingerprint density at radius 3 is 2.35 bits per heavy atom. The second-order valence-corrected chi connectivity index (χ2v) is 9.12. The van der Waals surface area contributed by atoms with E-state index in [1.165, 1.54) is 42.7 Å². The van der Waals surface area contributed by atoms with Crippen molar-refractivity contribution in [3.63, 3.8) is 0 Å². The van der Waals surface area contributed by atoms with Gasteiger partial charge in [-0.2, -0.15) is 0 Å². The van der Waals surface area contributed by atoms with Crippen LogP contribution in [0, 0.1) is 13.8 Å². The van der Waals surface area contributed by atoms with E-state index in [2.05, 4.69) is 57.1 Å². The van der Waals surface area contributed by atoms with Gasteiger partial charge in [-0.1, -0.05) is 12.1 Å². The van der Waals surface area contributed by atoms with E-state index in [0.29, 0.717) is 0 Å². The summed E-state index contributed by atoms with van der Waals surface area (Å²) in [6.45, 7) is 13.7. The Morgan fingerprint density at radius 2 is 1.71 bits per heavy atom. The first-order valence-electron chi connectivity index (χ1n) is 11.7. The van der Waals surface area contributed by atoms with Crippen LogP contribution in [0.4, 0.5) is 5.69 Å². The van der Waals surface area contributed by atoms with Crippen LogP contribution in [0.2, 0.25) is 0 Å². The Bertz CT molecular complexity index is 735. The van der Waals surface area contributed by atoms with E-state index in [0.717, 1.165) is 64.7 Å². The summed E-state index contributed by atoms with van der Waals surface area (Å²) in [6.07, 6.45) is 4.91. The van der Waals surface area contributed by atoms with Gasteiger partial charge in [0.1, 0.15) is 0 Å². The summed E-state index contributed by atoms with van der Waals surface area (Å²) in [7, 11) is 1.92. The maximum atomic E-state index is 5.71. The van der Waals surface area contributed by atoms with Crippen LogP contribution >= 0.6 is 24.0 Å². The molecule has 0 bridgehead atoms. The van der Waals surface area contributed by atoms with Crippen LogP contribution in [-0.2, 0) is 4.74 Å². The predicted molar refractivity (Wildman–Crippen MR) is 140 cm³/mol. The Kier molecular flexibility index (Phi) is 8.87. The molecular formula is C24H40IN5O. The molecule has 3 aliphatic heterocycles. The number of rotatable bonds is 4. The average molecular weight is 542 g/mol. The van der Waals surface area contributed by atoms with E-state index in [9.17, 15) is 0 Å². The highest BCUT2D eigenvalue weighted by atomic mass is 127. The Hall–Kier alpha value is -1.06. The molecule has 1 aromatic carbocycles. The molecule has 6 nitrogen and oxygen atoms in total. The summed E-state index contributed by atoms with van der Waals surface area (Å²) >= 11 is 0. The molecule has 3 heterocycles. The number of benzene rings is 1. The fraction of sp³-hybridized carbons (Fsp3) is 0.708. The first-order valence-corrected chi connectivity index (χ1v) is 11.7. The number of ether oxygens (including phenoxy) is 1. The van der Waals surface area contributed by atoms with Crippen LogP contribution in [0.15, 0.2) is 23.2 Å². The smallest absolute Gasteiger partial charge is 0.193 e. The molecule has 1 N–H and O–H groups in total. The molecule has 0 spiro atoms. The molecule has 4 rings (SSSR count). The lowest BCUT2D eigenvalue weighted by Crippen LogP contribution is -2.60. The third-order valence-electron chi connectivity index (χ3n) is 7.48. The second-order valence-electron chi connectivity index (χ2n) is 9.12. The first-order chi connectivity index (χ1) is 14.6. The fourth-order valence-electron chi connectivity index (χ4n) is 5.36. The van der Waals surface area contributed by atoms with Gasteiger partial charge in [-0.3, -0.25) is 9.89 Å². The van der Waals surface area contributed by atoms with Crippen molar-refractivity contribution in [3.8, 4) is 0 Å². The van der Waals surface area contributed by atoms with Crippen LogP contribution in [0.1, 0.15) is 36.8 Å². The molecule has 7 heteroatoms. The number of aliphatic imine (C=N–C) groups is 1. The lowest BCUT2D eigenvalue weighted by molar-refractivity contribution is -0.0166. The highest BCUT2D eigenvalue weighted by molar-refractivity contribution is 14.0. The number of nitrogens with one attached hydrogen (secondary N) is 1. The molecule has 0 saturated carbocycles. The molecular weight excluding hydrogens is 501 g/mol. The Morgan fingerprint density at radius 1 is 1.03 bits per heavy atom. The number of anilines is 1. The standard InChI is InChI=1S/C24H39N5O.HI/c1-20-7-6-8-22(21(20)2)27-13-15-28(16-14-27)23(25-3)26-19-24(9-17-30-18-10-24)29-11-4-5-12-29;/h6-8H,4-5,9-19H2,1-3H3,(H,25,26);1H. The molecule has 0 aliphatic carbocycles. The predicted octanol–water partition coefficient (Wildman–Crippen LogP) is 3.26. The van der Waals surface area contributed by atoms with Crippen LogP contribution < -0.4 is 10.2 Å². The highest BCUT2D eigenvalue weighted by Crippen LogP contribution is 2.31. The molecule has 3 fully saturated rings. The SMILES string of the molecule is CN=C(NCC1(N2CCCC2)CCOCC1)N1CCN(c2cccc(C)c2C)CC1.I. The summed E-state index contributed by atoms with van der Waals surface area (Å²) in [5, 5.41) is 3.76. The topological polar surface area (TPSA) is 43.3 Å². The quantitative estimate of drug-likeness (QED) is 0.360. The zero-order chi connectivity index (χ0) is 21.0. The normalized spacial score (nSPS) is 22.4. The van der Waals surface area contributed by atoms with Crippen molar-refractivity contribution < 1.29 is 4.74 Å². The minimum atomic E-state index is 0. The minimum absolute atomic E-state index is 0. The van der Waals surface area contributed by atoms with Gasteiger partial charge in [0.2, 0.25) is 0 Å². The monoisotopic (exact) mass is 541 g/mol. The van der Waals surface area contributed by atoms with Crippen LogP contribution in [0.3, 0.4) is 0 Å². The van der Waals surface area contributed by atoms with Crippen molar-refractivity contribution in [1.82, 2.24) is 15.1 Å². The van der Waals surface area contributed by atoms with E-state index in [-0.39, 0.29) is 29.5 Å². The largest absolute Gasteiger partial charge is 0.381 e. The number of aryl methyl sites for hydroxylation is 1. The second kappa shape index (κ2) is 11.2.